The topological polar surface area (TPSA) is 81.2 Å². The maximum atomic E-state index is 10.8. The van der Waals surface area contributed by atoms with Crippen molar-refractivity contribution in [2.75, 3.05) is 0 Å². The van der Waals surface area contributed by atoms with E-state index in [9.17, 15) is 10.1 Å². The maximum absolute atomic E-state index is 10.8. The Morgan fingerprint density at radius 1 is 1.35 bits per heavy atom. The number of hydrogen-bond donors (Lipinski definition) is 1. The van der Waals surface area contributed by atoms with E-state index >= 15 is 0 Å². The van der Waals surface area contributed by atoms with Crippen LogP contribution < -0.4 is 5.32 Å². The van der Waals surface area contributed by atoms with Crippen molar-refractivity contribution in [2.45, 2.75) is 26.9 Å². The summed E-state index contributed by atoms with van der Waals surface area (Å²) in [5, 5.41) is 17.9. The Labute approximate surface area is 124 Å². The van der Waals surface area contributed by atoms with Crippen molar-refractivity contribution >= 4 is 21.6 Å². The first-order chi connectivity index (χ1) is 9.47. The van der Waals surface area contributed by atoms with Crippen molar-refractivity contribution < 1.29 is 9.45 Å². The lowest BCUT2D eigenvalue weighted by atomic mass is 10.2. The number of aryl methyl sites for hydroxylation is 2. The van der Waals surface area contributed by atoms with Gasteiger partial charge in [-0.05, 0) is 25.5 Å². The first kappa shape index (κ1) is 14.7. The highest BCUT2D eigenvalue weighted by molar-refractivity contribution is 9.10. The molecule has 0 atom stereocenters. The number of benzene rings is 1. The molecule has 0 saturated heterocycles. The number of hydrogen-bond acceptors (Lipinski definition) is 5. The van der Waals surface area contributed by atoms with Crippen LogP contribution in [0.3, 0.4) is 0 Å². The van der Waals surface area contributed by atoms with Gasteiger partial charge in [-0.3, -0.25) is 10.1 Å². The Balaban J connectivity index is 2.03. The second-order valence-electron chi connectivity index (χ2n) is 4.48. The van der Waals surface area contributed by atoms with Gasteiger partial charge >= 0.3 is 0 Å². The van der Waals surface area contributed by atoms with Crippen LogP contribution in [0.25, 0.3) is 0 Å². The summed E-state index contributed by atoms with van der Waals surface area (Å²) in [5.74, 6) is 0.787. The average molecular weight is 340 g/mol. The molecule has 106 valence electrons. The van der Waals surface area contributed by atoms with Crippen LogP contribution in [0.2, 0.25) is 0 Å². The summed E-state index contributed by atoms with van der Waals surface area (Å²) in [7, 11) is 0. The predicted octanol–water partition coefficient (Wildman–Crippen LogP) is 3.25. The minimum Gasteiger partial charge on any atom is -0.361 e. The largest absolute Gasteiger partial charge is 0.361 e. The van der Waals surface area contributed by atoms with Crippen LogP contribution in [0.1, 0.15) is 22.6 Å². The fourth-order valence-corrected chi connectivity index (χ4v) is 2.46. The van der Waals surface area contributed by atoms with E-state index in [4.69, 9.17) is 4.52 Å². The molecule has 20 heavy (non-hydrogen) atoms. The molecule has 0 unspecified atom stereocenters. The smallest absolute Gasteiger partial charge is 0.270 e. The molecular formula is C13H14BrN3O3. The molecule has 0 radical (unpaired) electrons. The second kappa shape index (κ2) is 6.15. The lowest BCUT2D eigenvalue weighted by Crippen LogP contribution is -2.13. The summed E-state index contributed by atoms with van der Waals surface area (Å²) in [4.78, 5) is 10.4. The van der Waals surface area contributed by atoms with E-state index in [1.807, 2.05) is 19.9 Å². The van der Waals surface area contributed by atoms with Gasteiger partial charge in [0, 0.05) is 35.3 Å². The van der Waals surface area contributed by atoms with Crippen molar-refractivity contribution in [1.82, 2.24) is 10.5 Å². The number of nitro benzene ring substituents is 1. The molecular weight excluding hydrogens is 326 g/mol. The number of nitro groups is 1. The van der Waals surface area contributed by atoms with Gasteiger partial charge in [0.15, 0.2) is 0 Å². The molecule has 0 aliphatic rings. The first-order valence-corrected chi connectivity index (χ1v) is 6.83. The van der Waals surface area contributed by atoms with Crippen LogP contribution in [0.5, 0.6) is 0 Å². The zero-order valence-electron chi connectivity index (χ0n) is 11.1. The molecule has 1 aromatic heterocycles. The van der Waals surface area contributed by atoms with Crippen LogP contribution >= 0.6 is 15.9 Å². The summed E-state index contributed by atoms with van der Waals surface area (Å²) < 4.78 is 5.78. The number of aromatic nitrogens is 1. The van der Waals surface area contributed by atoms with Gasteiger partial charge in [0.2, 0.25) is 0 Å². The highest BCUT2D eigenvalue weighted by Crippen LogP contribution is 2.21. The Hall–Kier alpha value is -1.73. The molecule has 1 heterocycles. The fourth-order valence-electron chi connectivity index (χ4n) is 1.93. The first-order valence-electron chi connectivity index (χ1n) is 6.03. The van der Waals surface area contributed by atoms with Crippen LogP contribution in [-0.2, 0) is 13.1 Å². The van der Waals surface area contributed by atoms with Crippen molar-refractivity contribution in [3.63, 3.8) is 0 Å². The van der Waals surface area contributed by atoms with Gasteiger partial charge in [0.05, 0.1) is 10.6 Å². The molecule has 2 rings (SSSR count). The minimum absolute atomic E-state index is 0.0773. The van der Waals surface area contributed by atoms with Crippen LogP contribution in [-0.4, -0.2) is 10.1 Å². The zero-order chi connectivity index (χ0) is 14.7. The fraction of sp³-hybridized carbons (Fsp3) is 0.308. The number of nitrogens with zero attached hydrogens (tertiary/aromatic N) is 2. The normalized spacial score (nSPS) is 10.8. The third kappa shape index (κ3) is 3.43. The zero-order valence-corrected chi connectivity index (χ0v) is 12.7. The molecule has 0 bridgehead atoms. The summed E-state index contributed by atoms with van der Waals surface area (Å²) >= 11 is 3.28. The van der Waals surface area contributed by atoms with Crippen LogP contribution in [0.15, 0.2) is 27.2 Å². The summed E-state index contributed by atoms with van der Waals surface area (Å²) in [6.45, 7) is 4.89. The van der Waals surface area contributed by atoms with Crippen LogP contribution in [0.4, 0.5) is 5.69 Å². The third-order valence-electron chi connectivity index (χ3n) is 2.97. The summed E-state index contributed by atoms with van der Waals surface area (Å²) in [6, 6.07) is 4.90. The molecule has 0 aliphatic heterocycles. The van der Waals surface area contributed by atoms with Crippen LogP contribution in [0, 0.1) is 24.0 Å². The minimum atomic E-state index is -0.400. The van der Waals surface area contributed by atoms with Gasteiger partial charge in [0.1, 0.15) is 5.76 Å². The van der Waals surface area contributed by atoms with Gasteiger partial charge < -0.3 is 9.84 Å². The Morgan fingerprint density at radius 2 is 2.10 bits per heavy atom. The number of rotatable bonds is 5. The van der Waals surface area contributed by atoms with E-state index in [1.165, 1.54) is 6.07 Å². The van der Waals surface area contributed by atoms with Crippen molar-refractivity contribution in [3.8, 4) is 0 Å². The highest BCUT2D eigenvalue weighted by Gasteiger charge is 2.10. The third-order valence-corrected chi connectivity index (χ3v) is 3.42. The van der Waals surface area contributed by atoms with Gasteiger partial charge in [-0.25, -0.2) is 0 Å². The van der Waals surface area contributed by atoms with Crippen molar-refractivity contribution in [3.05, 3.63) is 55.4 Å². The molecule has 6 nitrogen and oxygen atoms in total. The molecule has 1 N–H and O–H groups in total. The van der Waals surface area contributed by atoms with E-state index in [0.717, 1.165) is 22.6 Å². The molecule has 0 saturated carbocycles. The molecule has 2 aromatic rings. The Kier molecular flexibility index (Phi) is 4.51. The average Bonchev–Trinajstić information content (AvgIpc) is 2.69. The van der Waals surface area contributed by atoms with Gasteiger partial charge in [0.25, 0.3) is 5.69 Å². The molecule has 0 amide bonds. The van der Waals surface area contributed by atoms with E-state index < -0.39 is 4.92 Å². The summed E-state index contributed by atoms with van der Waals surface area (Å²) in [5.41, 5.74) is 2.80. The quantitative estimate of drug-likeness (QED) is 0.667. The summed E-state index contributed by atoms with van der Waals surface area (Å²) in [6.07, 6.45) is 0. The molecule has 0 spiro atoms. The van der Waals surface area contributed by atoms with E-state index in [0.29, 0.717) is 17.6 Å². The Morgan fingerprint density at radius 3 is 2.70 bits per heavy atom. The van der Waals surface area contributed by atoms with Crippen molar-refractivity contribution in [1.29, 1.82) is 0 Å². The van der Waals surface area contributed by atoms with E-state index in [1.54, 1.807) is 6.07 Å². The highest BCUT2D eigenvalue weighted by atomic mass is 79.9. The number of nitrogens with one attached hydrogen (secondary N) is 1. The standard InChI is InChI=1S/C13H14BrN3O3/c1-8-13(9(2)20-16-8)7-15-6-10-3-11(14)5-12(4-10)17(18)19/h3-5,15H,6-7H2,1-2H3. The number of non-ortho nitro benzene ring substituents is 1. The second-order valence-corrected chi connectivity index (χ2v) is 5.40. The molecule has 0 fully saturated rings. The molecule has 7 heteroatoms. The SMILES string of the molecule is Cc1noc(C)c1CNCc1cc(Br)cc([N+](=O)[O-])c1. The number of halogens is 1. The molecule has 1 aromatic carbocycles. The monoisotopic (exact) mass is 339 g/mol. The van der Waals surface area contributed by atoms with E-state index in [-0.39, 0.29) is 5.69 Å². The molecule has 0 aliphatic carbocycles. The Bertz CT molecular complexity index is 620. The van der Waals surface area contributed by atoms with Gasteiger partial charge in [-0.2, -0.15) is 0 Å². The lowest BCUT2D eigenvalue weighted by Gasteiger charge is -2.05. The lowest BCUT2D eigenvalue weighted by molar-refractivity contribution is -0.385. The van der Waals surface area contributed by atoms with E-state index in [2.05, 4.69) is 26.4 Å². The predicted molar refractivity (Wildman–Crippen MR) is 77.3 cm³/mol. The maximum Gasteiger partial charge on any atom is 0.270 e. The van der Waals surface area contributed by atoms with Gasteiger partial charge in [-0.1, -0.05) is 21.1 Å². The van der Waals surface area contributed by atoms with Gasteiger partial charge in [-0.15, -0.1) is 0 Å². The van der Waals surface area contributed by atoms with Crippen molar-refractivity contribution in [2.24, 2.45) is 0 Å².